The van der Waals surface area contributed by atoms with Crippen molar-refractivity contribution in [2.75, 3.05) is 0 Å². The van der Waals surface area contributed by atoms with E-state index >= 15 is 0 Å². The second-order valence-electron chi connectivity index (χ2n) is 7.27. The second kappa shape index (κ2) is 7.13. The molecule has 2 aromatic rings. The van der Waals surface area contributed by atoms with E-state index in [1.807, 2.05) is 13.8 Å². The van der Waals surface area contributed by atoms with Crippen LogP contribution in [0.25, 0.3) is 0 Å². The highest BCUT2D eigenvalue weighted by Crippen LogP contribution is 2.34. The van der Waals surface area contributed by atoms with E-state index in [9.17, 15) is 9.59 Å². The first-order valence-corrected chi connectivity index (χ1v) is 8.29. The van der Waals surface area contributed by atoms with Gasteiger partial charge in [-0.05, 0) is 52.7 Å². The molecule has 0 bridgehead atoms. The molecule has 1 amide bonds. The SMILES string of the molecule is CC(C)NC(=O)C(C)(C)C(=O)C(C)(Cc1cn[nH]c1)c1ncccn1. The van der Waals surface area contributed by atoms with Crippen LogP contribution in [0, 0.1) is 5.41 Å². The van der Waals surface area contributed by atoms with E-state index in [0.29, 0.717) is 12.2 Å². The highest BCUT2D eigenvalue weighted by Gasteiger charge is 2.49. The Kier molecular flexibility index (Phi) is 5.35. The predicted molar refractivity (Wildman–Crippen MR) is 93.7 cm³/mol. The van der Waals surface area contributed by atoms with Gasteiger partial charge in [-0.15, -0.1) is 0 Å². The number of amides is 1. The van der Waals surface area contributed by atoms with Crippen LogP contribution in [-0.2, 0) is 21.4 Å². The summed E-state index contributed by atoms with van der Waals surface area (Å²) >= 11 is 0. The lowest BCUT2D eigenvalue weighted by Crippen LogP contribution is -2.52. The number of H-pyrrole nitrogens is 1. The van der Waals surface area contributed by atoms with Gasteiger partial charge in [0.1, 0.15) is 11.2 Å². The Hall–Kier alpha value is -2.57. The number of ketones is 1. The maximum Gasteiger partial charge on any atom is 0.233 e. The minimum Gasteiger partial charge on any atom is -0.353 e. The van der Waals surface area contributed by atoms with Gasteiger partial charge in [-0.3, -0.25) is 14.7 Å². The fourth-order valence-electron chi connectivity index (χ4n) is 2.86. The largest absolute Gasteiger partial charge is 0.353 e. The van der Waals surface area contributed by atoms with Crippen LogP contribution in [0.3, 0.4) is 0 Å². The first kappa shape index (κ1) is 18.8. The van der Waals surface area contributed by atoms with Gasteiger partial charge in [0.15, 0.2) is 5.78 Å². The number of rotatable bonds is 7. The summed E-state index contributed by atoms with van der Waals surface area (Å²) in [6.07, 6.45) is 6.95. The highest BCUT2D eigenvalue weighted by molar-refractivity contribution is 6.09. The molecule has 2 heterocycles. The van der Waals surface area contributed by atoms with Gasteiger partial charge in [0.2, 0.25) is 5.91 Å². The van der Waals surface area contributed by atoms with Gasteiger partial charge in [-0.2, -0.15) is 5.10 Å². The summed E-state index contributed by atoms with van der Waals surface area (Å²) in [4.78, 5) is 34.7. The van der Waals surface area contributed by atoms with Crippen LogP contribution in [0.2, 0.25) is 0 Å². The normalized spacial score (nSPS) is 14.2. The van der Waals surface area contributed by atoms with E-state index in [2.05, 4.69) is 25.5 Å². The average Bonchev–Trinajstić information content (AvgIpc) is 3.07. The summed E-state index contributed by atoms with van der Waals surface area (Å²) in [7, 11) is 0. The van der Waals surface area contributed by atoms with E-state index in [1.54, 1.807) is 51.6 Å². The molecule has 0 spiro atoms. The molecule has 0 radical (unpaired) electrons. The number of aromatic amines is 1. The summed E-state index contributed by atoms with van der Waals surface area (Å²) in [5.41, 5.74) is -1.42. The molecule has 0 aliphatic carbocycles. The lowest BCUT2D eigenvalue weighted by molar-refractivity contribution is -0.143. The zero-order valence-electron chi connectivity index (χ0n) is 15.3. The molecule has 2 rings (SSSR count). The van der Waals surface area contributed by atoms with E-state index in [0.717, 1.165) is 5.56 Å². The molecule has 2 aromatic heterocycles. The van der Waals surface area contributed by atoms with Gasteiger partial charge < -0.3 is 5.32 Å². The van der Waals surface area contributed by atoms with Crippen LogP contribution >= 0.6 is 0 Å². The molecule has 1 atom stereocenters. The standard InChI is InChI=1S/C18H25N5O2/c1-12(2)23-16(25)17(3,4)14(24)18(5,9-13-10-21-22-11-13)15-19-7-6-8-20-15/h6-8,10-12H,9H2,1-5H3,(H,21,22)(H,23,25). The molecule has 2 N–H and O–H groups in total. The second-order valence-corrected chi connectivity index (χ2v) is 7.27. The van der Waals surface area contributed by atoms with Crippen LogP contribution < -0.4 is 5.32 Å². The van der Waals surface area contributed by atoms with Crippen molar-refractivity contribution in [2.24, 2.45) is 5.41 Å². The van der Waals surface area contributed by atoms with E-state index in [4.69, 9.17) is 0 Å². The number of hydrogen-bond donors (Lipinski definition) is 2. The fraction of sp³-hybridized carbons (Fsp3) is 0.500. The topological polar surface area (TPSA) is 101 Å². The number of nitrogens with zero attached hydrogens (tertiary/aromatic N) is 3. The van der Waals surface area contributed by atoms with Crippen LogP contribution in [-0.4, -0.2) is 37.9 Å². The quantitative estimate of drug-likeness (QED) is 0.747. The maximum absolute atomic E-state index is 13.5. The molecule has 0 saturated heterocycles. The number of carbonyl (C=O) groups is 2. The van der Waals surface area contributed by atoms with E-state index in [1.165, 1.54) is 0 Å². The molecule has 7 heteroatoms. The number of carbonyl (C=O) groups excluding carboxylic acids is 2. The van der Waals surface area contributed by atoms with Crippen molar-refractivity contribution in [3.8, 4) is 0 Å². The number of aromatic nitrogens is 4. The Labute approximate surface area is 147 Å². The molecule has 25 heavy (non-hydrogen) atoms. The summed E-state index contributed by atoms with van der Waals surface area (Å²) in [6, 6.07) is 1.65. The van der Waals surface area contributed by atoms with Gasteiger partial charge >= 0.3 is 0 Å². The first-order valence-electron chi connectivity index (χ1n) is 8.29. The fourth-order valence-corrected chi connectivity index (χ4v) is 2.86. The third kappa shape index (κ3) is 3.92. The van der Waals surface area contributed by atoms with Crippen LogP contribution in [0.1, 0.15) is 46.0 Å². The smallest absolute Gasteiger partial charge is 0.233 e. The minimum absolute atomic E-state index is 0.0484. The lowest BCUT2D eigenvalue weighted by atomic mass is 9.68. The molecular formula is C18H25N5O2. The Morgan fingerprint density at radius 2 is 1.84 bits per heavy atom. The van der Waals surface area contributed by atoms with Crippen molar-refractivity contribution in [3.05, 3.63) is 42.2 Å². The molecule has 1 unspecified atom stereocenters. The van der Waals surface area contributed by atoms with Crippen LogP contribution in [0.5, 0.6) is 0 Å². The Bertz CT molecular complexity index is 725. The molecule has 0 aliphatic heterocycles. The molecule has 134 valence electrons. The zero-order valence-corrected chi connectivity index (χ0v) is 15.3. The summed E-state index contributed by atoms with van der Waals surface area (Å²) < 4.78 is 0. The highest BCUT2D eigenvalue weighted by atomic mass is 16.2. The number of hydrogen-bond acceptors (Lipinski definition) is 5. The van der Waals surface area contributed by atoms with Gasteiger partial charge in [0.05, 0.1) is 11.6 Å². The van der Waals surface area contributed by atoms with Gasteiger partial charge in [-0.25, -0.2) is 9.97 Å². The van der Waals surface area contributed by atoms with Crippen molar-refractivity contribution in [1.29, 1.82) is 0 Å². The van der Waals surface area contributed by atoms with Crippen molar-refractivity contribution in [2.45, 2.75) is 52.5 Å². The van der Waals surface area contributed by atoms with Crippen molar-refractivity contribution >= 4 is 11.7 Å². The Morgan fingerprint density at radius 3 is 2.36 bits per heavy atom. The average molecular weight is 343 g/mol. The number of nitrogens with one attached hydrogen (secondary N) is 2. The summed E-state index contributed by atoms with van der Waals surface area (Å²) in [5, 5.41) is 9.52. The minimum atomic E-state index is -1.22. The van der Waals surface area contributed by atoms with Crippen molar-refractivity contribution in [3.63, 3.8) is 0 Å². The van der Waals surface area contributed by atoms with Gasteiger partial charge in [-0.1, -0.05) is 0 Å². The lowest BCUT2D eigenvalue weighted by Gasteiger charge is -2.34. The van der Waals surface area contributed by atoms with Crippen LogP contribution in [0.4, 0.5) is 0 Å². The molecule has 0 saturated carbocycles. The molecule has 0 aromatic carbocycles. The maximum atomic E-state index is 13.5. The molecule has 7 nitrogen and oxygen atoms in total. The van der Waals surface area contributed by atoms with E-state index < -0.39 is 10.8 Å². The molecule has 0 aliphatic rings. The van der Waals surface area contributed by atoms with Gasteiger partial charge in [0, 0.05) is 24.6 Å². The van der Waals surface area contributed by atoms with Crippen molar-refractivity contribution in [1.82, 2.24) is 25.5 Å². The Morgan fingerprint density at radius 1 is 1.20 bits per heavy atom. The third-order valence-corrected chi connectivity index (χ3v) is 4.23. The van der Waals surface area contributed by atoms with Crippen molar-refractivity contribution < 1.29 is 9.59 Å². The van der Waals surface area contributed by atoms with Gasteiger partial charge in [0.25, 0.3) is 0 Å². The first-order chi connectivity index (χ1) is 11.7. The Balaban J connectivity index is 2.44. The summed E-state index contributed by atoms with van der Waals surface area (Å²) in [5.74, 6) is -0.140. The van der Waals surface area contributed by atoms with E-state index in [-0.39, 0.29) is 17.7 Å². The predicted octanol–water partition coefficient (Wildman–Crippen LogP) is 1.82. The number of Topliss-reactive ketones (excluding diaryl/α,β-unsaturated/α-hetero) is 1. The summed E-state index contributed by atoms with van der Waals surface area (Å²) in [6.45, 7) is 8.79. The molecule has 0 fully saturated rings. The third-order valence-electron chi connectivity index (χ3n) is 4.23. The zero-order chi connectivity index (χ0) is 18.7. The van der Waals surface area contributed by atoms with Crippen LogP contribution in [0.15, 0.2) is 30.9 Å². The molecular weight excluding hydrogens is 318 g/mol. The monoisotopic (exact) mass is 343 g/mol.